The van der Waals surface area contributed by atoms with Crippen LogP contribution < -0.4 is 5.73 Å². The summed E-state index contributed by atoms with van der Waals surface area (Å²) in [5.41, 5.74) is 6.64. The molecule has 100 valence electrons. The molecule has 0 bridgehead atoms. The van der Waals surface area contributed by atoms with Crippen LogP contribution >= 0.6 is 0 Å². The minimum atomic E-state index is -4.19. The normalized spacial score (nSPS) is 11.8. The molecule has 0 aliphatic rings. The molecule has 0 saturated carbocycles. The van der Waals surface area contributed by atoms with Crippen LogP contribution in [0.3, 0.4) is 0 Å². The van der Waals surface area contributed by atoms with Gasteiger partial charge in [0.15, 0.2) is 0 Å². The number of amidine groups is 1. The first-order valence-corrected chi connectivity index (χ1v) is 5.54. The zero-order chi connectivity index (χ0) is 13.8. The Kier molecular flexibility index (Phi) is 4.72. The first-order valence-electron chi connectivity index (χ1n) is 5.54. The smallest absolute Gasteiger partial charge is 0.384 e. The fourth-order valence-electron chi connectivity index (χ4n) is 1.58. The summed E-state index contributed by atoms with van der Waals surface area (Å²) in [6.07, 6.45) is -4.19. The van der Waals surface area contributed by atoms with Gasteiger partial charge < -0.3 is 5.73 Å². The molecule has 0 atom stereocenters. The van der Waals surface area contributed by atoms with E-state index in [4.69, 9.17) is 11.1 Å². The number of rotatable bonds is 5. The van der Waals surface area contributed by atoms with Gasteiger partial charge in [0, 0.05) is 12.1 Å². The SMILES string of the molecule is CCN(Cc1ccc(C(=N)N)cc1)CC(F)(F)F. The van der Waals surface area contributed by atoms with Crippen molar-refractivity contribution in [2.45, 2.75) is 19.6 Å². The molecule has 0 aromatic heterocycles. The van der Waals surface area contributed by atoms with Crippen LogP contribution in [0.15, 0.2) is 24.3 Å². The number of nitrogens with two attached hydrogens (primary N) is 1. The van der Waals surface area contributed by atoms with Crippen LogP contribution in [0.4, 0.5) is 13.2 Å². The monoisotopic (exact) mass is 259 g/mol. The lowest BCUT2D eigenvalue weighted by atomic mass is 10.1. The van der Waals surface area contributed by atoms with Crippen molar-refractivity contribution in [3.05, 3.63) is 35.4 Å². The standard InChI is InChI=1S/C12H16F3N3/c1-2-18(8-12(13,14)15)7-9-3-5-10(6-4-9)11(16)17/h3-6H,2,7-8H2,1H3,(H3,16,17). The summed E-state index contributed by atoms with van der Waals surface area (Å²) in [6, 6.07) is 6.66. The highest BCUT2D eigenvalue weighted by molar-refractivity contribution is 5.94. The van der Waals surface area contributed by atoms with Gasteiger partial charge in [-0.05, 0) is 12.1 Å². The highest BCUT2D eigenvalue weighted by atomic mass is 19.4. The molecule has 1 rings (SSSR count). The van der Waals surface area contributed by atoms with E-state index in [9.17, 15) is 13.2 Å². The van der Waals surface area contributed by atoms with Crippen LogP contribution in [0.5, 0.6) is 0 Å². The van der Waals surface area contributed by atoms with Gasteiger partial charge in [-0.2, -0.15) is 13.2 Å². The van der Waals surface area contributed by atoms with E-state index in [2.05, 4.69) is 0 Å². The molecule has 3 nitrogen and oxygen atoms in total. The molecule has 18 heavy (non-hydrogen) atoms. The second-order valence-electron chi connectivity index (χ2n) is 4.03. The largest absolute Gasteiger partial charge is 0.401 e. The minimum Gasteiger partial charge on any atom is -0.384 e. The molecule has 3 N–H and O–H groups in total. The zero-order valence-corrected chi connectivity index (χ0v) is 10.1. The van der Waals surface area contributed by atoms with Gasteiger partial charge in [0.25, 0.3) is 0 Å². The van der Waals surface area contributed by atoms with E-state index >= 15 is 0 Å². The molecule has 0 aliphatic heterocycles. The van der Waals surface area contributed by atoms with E-state index in [1.807, 2.05) is 0 Å². The Labute approximate surface area is 104 Å². The molecule has 0 heterocycles. The van der Waals surface area contributed by atoms with Crippen LogP contribution in [-0.4, -0.2) is 30.0 Å². The van der Waals surface area contributed by atoms with Gasteiger partial charge in [-0.3, -0.25) is 10.3 Å². The van der Waals surface area contributed by atoms with Crippen molar-refractivity contribution in [2.24, 2.45) is 5.73 Å². The van der Waals surface area contributed by atoms with Gasteiger partial charge in [-0.15, -0.1) is 0 Å². The van der Waals surface area contributed by atoms with Gasteiger partial charge in [-0.25, -0.2) is 0 Å². The summed E-state index contributed by atoms with van der Waals surface area (Å²) < 4.78 is 36.8. The molecule has 0 unspecified atom stereocenters. The number of hydrogen-bond donors (Lipinski definition) is 2. The molecule has 1 aromatic rings. The first kappa shape index (κ1) is 14.5. The van der Waals surface area contributed by atoms with E-state index < -0.39 is 12.7 Å². The maximum absolute atomic E-state index is 12.3. The van der Waals surface area contributed by atoms with Gasteiger partial charge in [0.05, 0.1) is 6.54 Å². The first-order chi connectivity index (χ1) is 8.31. The van der Waals surface area contributed by atoms with Crippen molar-refractivity contribution < 1.29 is 13.2 Å². The van der Waals surface area contributed by atoms with Gasteiger partial charge in [0.1, 0.15) is 5.84 Å². The molecule has 0 saturated heterocycles. The van der Waals surface area contributed by atoms with Crippen LogP contribution in [0, 0.1) is 5.41 Å². The second kappa shape index (κ2) is 5.86. The van der Waals surface area contributed by atoms with E-state index in [1.54, 1.807) is 31.2 Å². The Morgan fingerprint density at radius 1 is 1.28 bits per heavy atom. The molecule has 0 spiro atoms. The summed E-state index contributed by atoms with van der Waals surface area (Å²) in [7, 11) is 0. The number of nitrogens with zero attached hydrogens (tertiary/aromatic N) is 1. The van der Waals surface area contributed by atoms with E-state index in [1.165, 1.54) is 4.90 Å². The average molecular weight is 259 g/mol. The Morgan fingerprint density at radius 2 is 1.83 bits per heavy atom. The molecule has 0 amide bonds. The number of alkyl halides is 3. The minimum absolute atomic E-state index is 0.0517. The Bertz CT molecular complexity index is 398. The van der Waals surface area contributed by atoms with Crippen molar-refractivity contribution in [2.75, 3.05) is 13.1 Å². The maximum Gasteiger partial charge on any atom is 0.401 e. The van der Waals surface area contributed by atoms with Gasteiger partial charge in [0.2, 0.25) is 0 Å². The summed E-state index contributed by atoms with van der Waals surface area (Å²) in [4.78, 5) is 1.31. The third kappa shape index (κ3) is 4.75. The molecule has 0 aliphatic carbocycles. The van der Waals surface area contributed by atoms with Gasteiger partial charge in [-0.1, -0.05) is 31.2 Å². The second-order valence-corrected chi connectivity index (χ2v) is 4.03. The Balaban J connectivity index is 2.67. The van der Waals surface area contributed by atoms with E-state index in [0.29, 0.717) is 12.1 Å². The maximum atomic E-state index is 12.3. The molecular formula is C12H16F3N3. The van der Waals surface area contributed by atoms with Gasteiger partial charge >= 0.3 is 6.18 Å². The zero-order valence-electron chi connectivity index (χ0n) is 10.1. The van der Waals surface area contributed by atoms with Crippen molar-refractivity contribution >= 4 is 5.84 Å². The van der Waals surface area contributed by atoms with Crippen LogP contribution in [0.2, 0.25) is 0 Å². The molecule has 0 radical (unpaired) electrons. The number of halogens is 3. The summed E-state index contributed by atoms with van der Waals surface area (Å²) in [5, 5.41) is 7.22. The number of hydrogen-bond acceptors (Lipinski definition) is 2. The van der Waals surface area contributed by atoms with Crippen LogP contribution in [0.1, 0.15) is 18.1 Å². The predicted octanol–water partition coefficient (Wildman–Crippen LogP) is 2.35. The molecular weight excluding hydrogens is 243 g/mol. The van der Waals surface area contributed by atoms with Crippen LogP contribution in [-0.2, 0) is 6.54 Å². The van der Waals surface area contributed by atoms with E-state index in [0.717, 1.165) is 5.56 Å². The van der Waals surface area contributed by atoms with Crippen molar-refractivity contribution in [3.63, 3.8) is 0 Å². The lowest BCUT2D eigenvalue weighted by Gasteiger charge is -2.21. The highest BCUT2D eigenvalue weighted by Gasteiger charge is 2.29. The average Bonchev–Trinajstić information content (AvgIpc) is 2.27. The highest BCUT2D eigenvalue weighted by Crippen LogP contribution is 2.18. The quantitative estimate of drug-likeness (QED) is 0.630. The third-order valence-corrected chi connectivity index (χ3v) is 2.52. The molecule has 1 aromatic carbocycles. The van der Waals surface area contributed by atoms with E-state index in [-0.39, 0.29) is 12.4 Å². The Morgan fingerprint density at radius 3 is 2.22 bits per heavy atom. The molecule has 6 heteroatoms. The third-order valence-electron chi connectivity index (χ3n) is 2.52. The van der Waals surface area contributed by atoms with Crippen molar-refractivity contribution in [1.82, 2.24) is 4.90 Å². The topological polar surface area (TPSA) is 53.1 Å². The number of nitrogens with one attached hydrogen (secondary N) is 1. The fourth-order valence-corrected chi connectivity index (χ4v) is 1.58. The summed E-state index contributed by atoms with van der Waals surface area (Å²) in [5.74, 6) is -0.0517. The fraction of sp³-hybridized carbons (Fsp3) is 0.417. The lowest BCUT2D eigenvalue weighted by molar-refractivity contribution is -0.146. The van der Waals surface area contributed by atoms with Crippen molar-refractivity contribution in [3.8, 4) is 0 Å². The predicted molar refractivity (Wildman–Crippen MR) is 64.5 cm³/mol. The Hall–Kier alpha value is -1.56. The number of nitrogen functional groups attached to an aromatic ring is 1. The molecule has 0 fully saturated rings. The summed E-state index contributed by atoms with van der Waals surface area (Å²) >= 11 is 0. The lowest BCUT2D eigenvalue weighted by Crippen LogP contribution is -2.33. The summed E-state index contributed by atoms with van der Waals surface area (Å²) in [6.45, 7) is 1.33. The van der Waals surface area contributed by atoms with Crippen molar-refractivity contribution in [1.29, 1.82) is 5.41 Å². The van der Waals surface area contributed by atoms with Crippen LogP contribution in [0.25, 0.3) is 0 Å². The number of benzene rings is 1.